The second kappa shape index (κ2) is 4.37. The number of halogens is 1. The lowest BCUT2D eigenvalue weighted by molar-refractivity contribution is 0.318. The van der Waals surface area contributed by atoms with Crippen LogP contribution in [0.3, 0.4) is 0 Å². The highest BCUT2D eigenvalue weighted by Gasteiger charge is 2.21. The molecule has 3 nitrogen and oxygen atoms in total. The van der Waals surface area contributed by atoms with Crippen LogP contribution in [0.5, 0.6) is 5.75 Å². The Hall–Kier alpha value is -0.800. The molecule has 0 radical (unpaired) electrons. The van der Waals surface area contributed by atoms with Gasteiger partial charge in [0.05, 0.1) is 0 Å². The summed E-state index contributed by atoms with van der Waals surface area (Å²) in [5.41, 5.74) is 6.97. The standard InChI is InChI=1S/C11H17ClN2O/c1-11(2,3)9(13)5-7-4-8(15)10(12)14-6-7/h4,6,9,15H,5,13H2,1-3H3/t9-/m1/s1. The molecule has 0 bridgehead atoms. The molecule has 0 aromatic carbocycles. The molecule has 3 N–H and O–H groups in total. The predicted molar refractivity (Wildman–Crippen MR) is 62.0 cm³/mol. The van der Waals surface area contributed by atoms with Gasteiger partial charge in [-0.25, -0.2) is 4.98 Å². The quantitative estimate of drug-likeness (QED) is 0.764. The van der Waals surface area contributed by atoms with Crippen molar-refractivity contribution in [3.63, 3.8) is 0 Å². The summed E-state index contributed by atoms with van der Waals surface area (Å²) in [5, 5.41) is 9.51. The van der Waals surface area contributed by atoms with Crippen LogP contribution < -0.4 is 5.73 Å². The van der Waals surface area contributed by atoms with E-state index in [0.717, 1.165) is 5.56 Å². The van der Waals surface area contributed by atoms with Gasteiger partial charge >= 0.3 is 0 Å². The van der Waals surface area contributed by atoms with E-state index in [0.29, 0.717) is 6.42 Å². The Labute approximate surface area is 95.3 Å². The molecular weight excluding hydrogens is 212 g/mol. The van der Waals surface area contributed by atoms with Gasteiger partial charge in [0.15, 0.2) is 10.9 Å². The topological polar surface area (TPSA) is 59.1 Å². The van der Waals surface area contributed by atoms with Gasteiger partial charge in [-0.1, -0.05) is 32.4 Å². The maximum atomic E-state index is 9.38. The predicted octanol–water partition coefficient (Wildman–Crippen LogP) is 2.36. The van der Waals surface area contributed by atoms with Gasteiger partial charge < -0.3 is 10.8 Å². The van der Waals surface area contributed by atoms with Gasteiger partial charge in [-0.05, 0) is 23.5 Å². The summed E-state index contributed by atoms with van der Waals surface area (Å²) in [6.07, 6.45) is 2.33. The van der Waals surface area contributed by atoms with Crippen molar-refractivity contribution in [3.05, 3.63) is 23.0 Å². The number of aromatic nitrogens is 1. The largest absolute Gasteiger partial charge is 0.505 e. The summed E-state index contributed by atoms with van der Waals surface area (Å²) < 4.78 is 0. The number of pyridine rings is 1. The fraction of sp³-hybridized carbons (Fsp3) is 0.545. The summed E-state index contributed by atoms with van der Waals surface area (Å²) in [6.45, 7) is 6.25. The number of nitrogens with zero attached hydrogens (tertiary/aromatic N) is 1. The van der Waals surface area contributed by atoms with Crippen LogP contribution in [0.2, 0.25) is 5.15 Å². The van der Waals surface area contributed by atoms with E-state index < -0.39 is 0 Å². The molecule has 1 rings (SSSR count). The fourth-order valence-corrected chi connectivity index (χ4v) is 1.25. The van der Waals surface area contributed by atoms with Gasteiger partial charge in [-0.15, -0.1) is 0 Å². The number of hydrogen-bond donors (Lipinski definition) is 2. The monoisotopic (exact) mass is 228 g/mol. The van der Waals surface area contributed by atoms with Crippen molar-refractivity contribution >= 4 is 11.6 Å². The van der Waals surface area contributed by atoms with E-state index in [-0.39, 0.29) is 22.4 Å². The minimum absolute atomic E-state index is 0.00951. The van der Waals surface area contributed by atoms with Crippen molar-refractivity contribution in [2.24, 2.45) is 11.1 Å². The van der Waals surface area contributed by atoms with Crippen molar-refractivity contribution in [2.75, 3.05) is 0 Å². The van der Waals surface area contributed by atoms with E-state index in [1.165, 1.54) is 0 Å². The van der Waals surface area contributed by atoms with Gasteiger partial charge in [0.25, 0.3) is 0 Å². The molecule has 0 saturated heterocycles. The molecular formula is C11H17ClN2O. The van der Waals surface area contributed by atoms with E-state index in [4.69, 9.17) is 17.3 Å². The number of hydrogen-bond acceptors (Lipinski definition) is 3. The second-order valence-electron chi connectivity index (χ2n) is 4.83. The SMILES string of the molecule is CC(C)(C)[C@H](N)Cc1cnc(Cl)c(O)c1. The van der Waals surface area contributed by atoms with Crippen LogP contribution in [0.1, 0.15) is 26.3 Å². The Kier molecular flexibility index (Phi) is 3.58. The Morgan fingerprint density at radius 1 is 1.53 bits per heavy atom. The Bertz CT molecular complexity index is 347. The summed E-state index contributed by atoms with van der Waals surface area (Å²) in [6, 6.07) is 1.64. The van der Waals surface area contributed by atoms with Gasteiger partial charge in [0.1, 0.15) is 0 Å². The summed E-state index contributed by atoms with van der Waals surface area (Å²) >= 11 is 5.61. The molecule has 84 valence electrons. The minimum Gasteiger partial charge on any atom is -0.505 e. The molecule has 0 aliphatic carbocycles. The number of aromatic hydroxyl groups is 1. The lowest BCUT2D eigenvalue weighted by Crippen LogP contribution is -2.36. The van der Waals surface area contributed by atoms with Crippen molar-refractivity contribution < 1.29 is 5.11 Å². The molecule has 4 heteroatoms. The van der Waals surface area contributed by atoms with Gasteiger partial charge in [-0.3, -0.25) is 0 Å². The van der Waals surface area contributed by atoms with Crippen molar-refractivity contribution in [1.82, 2.24) is 4.98 Å². The Morgan fingerprint density at radius 2 is 2.13 bits per heavy atom. The zero-order valence-electron chi connectivity index (χ0n) is 9.29. The van der Waals surface area contributed by atoms with E-state index >= 15 is 0 Å². The maximum Gasteiger partial charge on any atom is 0.170 e. The fourth-order valence-electron chi connectivity index (χ4n) is 1.15. The summed E-state index contributed by atoms with van der Waals surface area (Å²) in [4.78, 5) is 3.87. The Morgan fingerprint density at radius 3 is 2.60 bits per heavy atom. The van der Waals surface area contributed by atoms with Gasteiger partial charge in [0.2, 0.25) is 0 Å². The number of rotatable bonds is 2. The Balaban J connectivity index is 2.78. The van der Waals surface area contributed by atoms with Gasteiger partial charge in [-0.2, -0.15) is 0 Å². The van der Waals surface area contributed by atoms with Crippen LogP contribution >= 0.6 is 11.6 Å². The van der Waals surface area contributed by atoms with Crippen molar-refractivity contribution in [2.45, 2.75) is 33.2 Å². The molecule has 0 saturated carbocycles. The van der Waals surface area contributed by atoms with Crippen molar-refractivity contribution in [3.8, 4) is 5.75 Å². The third kappa shape index (κ3) is 3.36. The molecule has 1 aromatic heterocycles. The smallest absolute Gasteiger partial charge is 0.170 e. The van der Waals surface area contributed by atoms with E-state index in [1.807, 2.05) is 0 Å². The molecule has 1 atom stereocenters. The first-order valence-electron chi connectivity index (χ1n) is 4.89. The van der Waals surface area contributed by atoms with E-state index in [9.17, 15) is 5.11 Å². The first-order valence-corrected chi connectivity index (χ1v) is 5.27. The molecule has 0 aliphatic heterocycles. The molecule has 0 unspecified atom stereocenters. The molecule has 1 aromatic rings. The first kappa shape index (κ1) is 12.3. The number of nitrogens with two attached hydrogens (primary N) is 1. The van der Waals surface area contributed by atoms with Crippen molar-refractivity contribution in [1.29, 1.82) is 0 Å². The van der Waals surface area contributed by atoms with E-state index in [1.54, 1.807) is 12.3 Å². The zero-order valence-corrected chi connectivity index (χ0v) is 10.0. The molecule has 0 spiro atoms. The zero-order chi connectivity index (χ0) is 11.6. The summed E-state index contributed by atoms with van der Waals surface area (Å²) in [5.74, 6) is 0.00951. The first-order chi connectivity index (χ1) is 6.80. The molecule has 0 aliphatic rings. The van der Waals surface area contributed by atoms with Crippen LogP contribution in [-0.2, 0) is 6.42 Å². The second-order valence-corrected chi connectivity index (χ2v) is 5.19. The lowest BCUT2D eigenvalue weighted by atomic mass is 9.84. The maximum absolute atomic E-state index is 9.38. The highest BCUT2D eigenvalue weighted by molar-refractivity contribution is 6.30. The minimum atomic E-state index is 0.00951. The molecule has 0 amide bonds. The molecule has 1 heterocycles. The molecule has 15 heavy (non-hydrogen) atoms. The van der Waals surface area contributed by atoms with Crippen LogP contribution in [0, 0.1) is 5.41 Å². The average molecular weight is 229 g/mol. The van der Waals surface area contributed by atoms with Crippen LogP contribution in [-0.4, -0.2) is 16.1 Å². The summed E-state index contributed by atoms with van der Waals surface area (Å²) in [7, 11) is 0. The van der Waals surface area contributed by atoms with Gasteiger partial charge in [0, 0.05) is 12.2 Å². The van der Waals surface area contributed by atoms with Crippen LogP contribution in [0.4, 0.5) is 0 Å². The van der Waals surface area contributed by atoms with Crippen LogP contribution in [0.25, 0.3) is 0 Å². The molecule has 0 fully saturated rings. The third-order valence-corrected chi connectivity index (χ3v) is 2.74. The highest BCUT2D eigenvalue weighted by Crippen LogP contribution is 2.24. The van der Waals surface area contributed by atoms with E-state index in [2.05, 4.69) is 25.8 Å². The third-order valence-electron chi connectivity index (χ3n) is 2.45. The highest BCUT2D eigenvalue weighted by atomic mass is 35.5. The normalized spacial score (nSPS) is 13.9. The average Bonchev–Trinajstić information content (AvgIpc) is 2.10. The van der Waals surface area contributed by atoms with Crippen LogP contribution in [0.15, 0.2) is 12.3 Å². The lowest BCUT2D eigenvalue weighted by Gasteiger charge is -2.26.